The maximum absolute atomic E-state index is 12.1. The number of rotatable bonds is 6. The Kier molecular flexibility index (Phi) is 6.71. The molecular formula is C22H34N2O2. The zero-order valence-electron chi connectivity index (χ0n) is 16.5. The first-order valence-electron chi connectivity index (χ1n) is 10.3. The standard InChI is InChI=1S/C22H34N2O2/c1-16(2)24-13-12-19(17(3)15-24)9-6-18-7-10-20(11-8-18)23-22(25)21-5-4-14-26-21/h7-8,10-11,16-17,19,21H,4-6,9,12-15H2,1-3H3,(H,23,25)/t17-,19-,21-/m0/s1. The van der Waals surface area contributed by atoms with E-state index in [1.807, 2.05) is 12.1 Å². The van der Waals surface area contributed by atoms with E-state index in [2.05, 4.69) is 43.1 Å². The van der Waals surface area contributed by atoms with Gasteiger partial charge < -0.3 is 15.0 Å². The Hall–Kier alpha value is -1.39. The third kappa shape index (κ3) is 5.08. The lowest BCUT2D eigenvalue weighted by atomic mass is 9.82. The molecule has 3 rings (SSSR count). The maximum Gasteiger partial charge on any atom is 0.253 e. The van der Waals surface area contributed by atoms with Crippen molar-refractivity contribution in [2.75, 3.05) is 25.0 Å². The summed E-state index contributed by atoms with van der Waals surface area (Å²) in [5.41, 5.74) is 2.23. The molecule has 2 saturated heterocycles. The van der Waals surface area contributed by atoms with Crippen LogP contribution in [-0.2, 0) is 16.0 Å². The van der Waals surface area contributed by atoms with Crippen LogP contribution in [0, 0.1) is 11.8 Å². The Morgan fingerprint density at radius 3 is 2.65 bits per heavy atom. The predicted molar refractivity (Wildman–Crippen MR) is 106 cm³/mol. The van der Waals surface area contributed by atoms with E-state index in [0.717, 1.165) is 36.8 Å². The van der Waals surface area contributed by atoms with Crippen molar-refractivity contribution in [2.45, 2.75) is 65.0 Å². The molecule has 0 spiro atoms. The number of aryl methyl sites for hydroxylation is 1. The molecule has 4 nitrogen and oxygen atoms in total. The van der Waals surface area contributed by atoms with Crippen LogP contribution in [0.15, 0.2) is 24.3 Å². The van der Waals surface area contributed by atoms with Gasteiger partial charge in [-0.15, -0.1) is 0 Å². The van der Waals surface area contributed by atoms with Crippen LogP contribution in [-0.4, -0.2) is 42.6 Å². The zero-order valence-corrected chi connectivity index (χ0v) is 16.5. The molecule has 1 aromatic carbocycles. The van der Waals surface area contributed by atoms with Crippen molar-refractivity contribution < 1.29 is 9.53 Å². The van der Waals surface area contributed by atoms with E-state index in [4.69, 9.17) is 4.74 Å². The van der Waals surface area contributed by atoms with E-state index in [-0.39, 0.29) is 12.0 Å². The summed E-state index contributed by atoms with van der Waals surface area (Å²) in [4.78, 5) is 14.7. The third-order valence-corrected chi connectivity index (χ3v) is 6.09. The molecule has 2 aliphatic rings. The molecule has 0 unspecified atom stereocenters. The molecule has 2 fully saturated rings. The highest BCUT2D eigenvalue weighted by Gasteiger charge is 2.27. The molecule has 0 saturated carbocycles. The molecule has 1 N–H and O–H groups in total. The van der Waals surface area contributed by atoms with Gasteiger partial charge in [0, 0.05) is 24.9 Å². The number of benzene rings is 1. The van der Waals surface area contributed by atoms with E-state index in [0.29, 0.717) is 12.6 Å². The van der Waals surface area contributed by atoms with Gasteiger partial charge in [-0.1, -0.05) is 19.1 Å². The third-order valence-electron chi connectivity index (χ3n) is 6.09. The van der Waals surface area contributed by atoms with E-state index in [9.17, 15) is 4.79 Å². The van der Waals surface area contributed by atoms with Crippen LogP contribution in [0.1, 0.15) is 52.0 Å². The van der Waals surface area contributed by atoms with Gasteiger partial charge in [0.15, 0.2) is 0 Å². The summed E-state index contributed by atoms with van der Waals surface area (Å²) in [6, 6.07) is 9.01. The van der Waals surface area contributed by atoms with Gasteiger partial charge in [-0.3, -0.25) is 4.79 Å². The number of carbonyl (C=O) groups excluding carboxylic acids is 1. The van der Waals surface area contributed by atoms with Gasteiger partial charge in [-0.05, 0) is 82.0 Å². The van der Waals surface area contributed by atoms with Crippen LogP contribution in [0.5, 0.6) is 0 Å². The Bertz CT molecular complexity index is 578. The summed E-state index contributed by atoms with van der Waals surface area (Å²) in [6.07, 6.45) is 5.23. The lowest BCUT2D eigenvalue weighted by Gasteiger charge is -2.39. The topological polar surface area (TPSA) is 41.6 Å². The minimum Gasteiger partial charge on any atom is -0.368 e. The molecule has 2 aliphatic heterocycles. The van der Waals surface area contributed by atoms with Crippen molar-refractivity contribution >= 4 is 11.6 Å². The monoisotopic (exact) mass is 358 g/mol. The van der Waals surface area contributed by atoms with Crippen molar-refractivity contribution in [1.82, 2.24) is 4.90 Å². The highest BCUT2D eigenvalue weighted by atomic mass is 16.5. The highest BCUT2D eigenvalue weighted by Crippen LogP contribution is 2.28. The van der Waals surface area contributed by atoms with Gasteiger partial charge in [0.1, 0.15) is 6.10 Å². The van der Waals surface area contributed by atoms with Crippen molar-refractivity contribution in [3.05, 3.63) is 29.8 Å². The lowest BCUT2D eigenvalue weighted by Crippen LogP contribution is -2.43. The number of carbonyl (C=O) groups is 1. The molecule has 0 aliphatic carbocycles. The Balaban J connectivity index is 1.45. The molecule has 2 heterocycles. The van der Waals surface area contributed by atoms with Gasteiger partial charge in [-0.25, -0.2) is 0 Å². The first kappa shape index (κ1) is 19.4. The summed E-state index contributed by atoms with van der Waals surface area (Å²) in [6.45, 7) is 10.2. The fraction of sp³-hybridized carbons (Fsp3) is 0.682. The van der Waals surface area contributed by atoms with Gasteiger partial charge >= 0.3 is 0 Å². The van der Waals surface area contributed by atoms with Crippen molar-refractivity contribution in [1.29, 1.82) is 0 Å². The van der Waals surface area contributed by atoms with Crippen molar-refractivity contribution in [3.8, 4) is 0 Å². The minimum atomic E-state index is -0.270. The molecule has 1 amide bonds. The zero-order chi connectivity index (χ0) is 18.5. The molecule has 26 heavy (non-hydrogen) atoms. The highest BCUT2D eigenvalue weighted by molar-refractivity contribution is 5.94. The number of likely N-dealkylation sites (tertiary alicyclic amines) is 1. The van der Waals surface area contributed by atoms with Crippen LogP contribution in [0.25, 0.3) is 0 Å². The normalized spacial score (nSPS) is 27.0. The second-order valence-corrected chi connectivity index (χ2v) is 8.34. The molecule has 0 radical (unpaired) electrons. The van der Waals surface area contributed by atoms with Gasteiger partial charge in [0.05, 0.1) is 0 Å². The summed E-state index contributed by atoms with van der Waals surface area (Å²) in [5, 5.41) is 2.97. The predicted octanol–water partition coefficient (Wildman–Crippen LogP) is 4.10. The minimum absolute atomic E-state index is 0.0130. The summed E-state index contributed by atoms with van der Waals surface area (Å²) in [5.74, 6) is 1.58. The number of ether oxygens (including phenoxy) is 1. The number of hydrogen-bond acceptors (Lipinski definition) is 3. The number of amides is 1. The Morgan fingerprint density at radius 1 is 1.27 bits per heavy atom. The fourth-order valence-corrected chi connectivity index (χ4v) is 4.24. The summed E-state index contributed by atoms with van der Waals surface area (Å²) >= 11 is 0. The molecular weight excluding hydrogens is 324 g/mol. The largest absolute Gasteiger partial charge is 0.368 e. The molecule has 4 heteroatoms. The van der Waals surface area contributed by atoms with Gasteiger partial charge in [-0.2, -0.15) is 0 Å². The second kappa shape index (κ2) is 9.01. The number of nitrogens with one attached hydrogen (secondary N) is 1. The smallest absolute Gasteiger partial charge is 0.253 e. The average molecular weight is 359 g/mol. The fourth-order valence-electron chi connectivity index (χ4n) is 4.24. The SMILES string of the molecule is CC(C)N1CC[C@H](CCc2ccc(NC(=O)[C@@H]3CCCO3)cc2)[C@@H](C)C1. The number of nitrogens with zero attached hydrogens (tertiary/aromatic N) is 1. The van der Waals surface area contributed by atoms with Crippen LogP contribution in [0.2, 0.25) is 0 Å². The quantitative estimate of drug-likeness (QED) is 0.832. The molecule has 1 aromatic rings. The second-order valence-electron chi connectivity index (χ2n) is 8.34. The maximum atomic E-state index is 12.1. The number of anilines is 1. The van der Waals surface area contributed by atoms with Crippen LogP contribution < -0.4 is 5.32 Å². The lowest BCUT2D eigenvalue weighted by molar-refractivity contribution is -0.124. The van der Waals surface area contributed by atoms with E-state index < -0.39 is 0 Å². The van der Waals surface area contributed by atoms with Crippen molar-refractivity contribution in [3.63, 3.8) is 0 Å². The van der Waals surface area contributed by atoms with E-state index in [1.54, 1.807) is 0 Å². The summed E-state index contributed by atoms with van der Waals surface area (Å²) in [7, 11) is 0. The molecule has 0 bridgehead atoms. The van der Waals surface area contributed by atoms with E-state index in [1.165, 1.54) is 31.5 Å². The van der Waals surface area contributed by atoms with E-state index >= 15 is 0 Å². The van der Waals surface area contributed by atoms with Crippen LogP contribution in [0.3, 0.4) is 0 Å². The average Bonchev–Trinajstić information content (AvgIpc) is 3.16. The van der Waals surface area contributed by atoms with Crippen molar-refractivity contribution in [2.24, 2.45) is 11.8 Å². The first-order valence-corrected chi connectivity index (χ1v) is 10.3. The number of hydrogen-bond donors (Lipinski definition) is 1. The van der Waals surface area contributed by atoms with Crippen LogP contribution in [0.4, 0.5) is 5.69 Å². The Labute approximate surface area is 158 Å². The molecule has 0 aromatic heterocycles. The molecule has 3 atom stereocenters. The summed E-state index contributed by atoms with van der Waals surface area (Å²) < 4.78 is 5.43. The number of piperidine rings is 1. The van der Waals surface area contributed by atoms with Gasteiger partial charge in [0.25, 0.3) is 5.91 Å². The van der Waals surface area contributed by atoms with Crippen LogP contribution >= 0.6 is 0 Å². The Morgan fingerprint density at radius 2 is 2.04 bits per heavy atom. The molecule has 144 valence electrons. The van der Waals surface area contributed by atoms with Gasteiger partial charge in [0.2, 0.25) is 0 Å². The first-order chi connectivity index (χ1) is 12.5.